The molecule has 0 spiro atoms. The van der Waals surface area contributed by atoms with E-state index < -0.39 is 0 Å². The minimum atomic E-state index is -0.0986. The van der Waals surface area contributed by atoms with Crippen molar-refractivity contribution in [1.82, 2.24) is 9.78 Å². The van der Waals surface area contributed by atoms with Gasteiger partial charge in [0.1, 0.15) is 23.9 Å². The van der Waals surface area contributed by atoms with Crippen LogP contribution in [0.25, 0.3) is 6.08 Å². The highest BCUT2D eigenvalue weighted by atomic mass is 35.5. The molecule has 0 N–H and O–H groups in total. The van der Waals surface area contributed by atoms with Gasteiger partial charge in [-0.1, -0.05) is 11.6 Å². The predicted octanol–water partition coefficient (Wildman–Crippen LogP) is 5.55. The van der Waals surface area contributed by atoms with Gasteiger partial charge in [-0.3, -0.25) is 9.48 Å². The summed E-state index contributed by atoms with van der Waals surface area (Å²) in [6, 6.07) is 7.44. The Morgan fingerprint density at radius 1 is 1.25 bits per heavy atom. The molecule has 2 aromatic heterocycles. The monoisotopic (exact) mass is 398 g/mol. The van der Waals surface area contributed by atoms with E-state index in [0.717, 1.165) is 34.1 Å². The van der Waals surface area contributed by atoms with E-state index in [1.165, 1.54) is 6.08 Å². The van der Waals surface area contributed by atoms with Crippen LogP contribution in [0.1, 0.15) is 45.6 Å². The number of carbonyl (C=O) groups excluding carboxylic acids is 1. The van der Waals surface area contributed by atoms with Crippen LogP contribution >= 0.6 is 11.6 Å². The highest BCUT2D eigenvalue weighted by Gasteiger charge is 2.11. The van der Waals surface area contributed by atoms with Gasteiger partial charge >= 0.3 is 0 Å². The second-order valence-corrected chi connectivity index (χ2v) is 7.02. The smallest absolute Gasteiger partial charge is 0.189 e. The van der Waals surface area contributed by atoms with E-state index in [0.29, 0.717) is 23.7 Å². The lowest BCUT2D eigenvalue weighted by atomic mass is 10.1. The number of benzene rings is 1. The number of furan rings is 1. The molecule has 0 aliphatic carbocycles. The molecule has 0 saturated heterocycles. The minimum Gasteiger partial charge on any atom is -0.486 e. The third-order valence-electron chi connectivity index (χ3n) is 4.41. The van der Waals surface area contributed by atoms with Crippen LogP contribution in [0, 0.1) is 20.8 Å². The molecule has 0 amide bonds. The summed E-state index contributed by atoms with van der Waals surface area (Å²) in [6.45, 7) is 8.73. The number of nitrogens with zero attached hydrogens (tertiary/aromatic N) is 2. The Morgan fingerprint density at radius 3 is 2.61 bits per heavy atom. The molecule has 3 rings (SSSR count). The van der Waals surface area contributed by atoms with Crippen LogP contribution in [-0.2, 0) is 13.2 Å². The minimum absolute atomic E-state index is 0.0986. The van der Waals surface area contributed by atoms with Gasteiger partial charge in [0.15, 0.2) is 5.78 Å². The van der Waals surface area contributed by atoms with Crippen molar-refractivity contribution in [2.24, 2.45) is 0 Å². The standard InChI is InChI=1S/C22H23ClN2O3/c1-5-25-12-20(16(4)24-25)21(26)9-8-17-6-7-18(28-17)13-27-19-10-14(2)22(23)15(3)11-19/h6-12H,5,13H2,1-4H3/b9-8+. The van der Waals surface area contributed by atoms with Crippen molar-refractivity contribution < 1.29 is 13.9 Å². The van der Waals surface area contributed by atoms with E-state index in [1.54, 1.807) is 17.0 Å². The van der Waals surface area contributed by atoms with Crippen LogP contribution in [0.2, 0.25) is 5.02 Å². The van der Waals surface area contributed by atoms with Gasteiger partial charge in [-0.2, -0.15) is 5.10 Å². The number of carbonyl (C=O) groups is 1. The van der Waals surface area contributed by atoms with E-state index >= 15 is 0 Å². The second-order valence-electron chi connectivity index (χ2n) is 6.65. The van der Waals surface area contributed by atoms with E-state index in [1.807, 2.05) is 52.0 Å². The normalized spacial score (nSPS) is 11.3. The fourth-order valence-electron chi connectivity index (χ4n) is 2.87. The van der Waals surface area contributed by atoms with Crippen LogP contribution in [0.3, 0.4) is 0 Å². The lowest BCUT2D eigenvalue weighted by Crippen LogP contribution is -1.95. The van der Waals surface area contributed by atoms with Gasteiger partial charge < -0.3 is 9.15 Å². The van der Waals surface area contributed by atoms with Crippen LogP contribution in [0.15, 0.2) is 41.0 Å². The number of aryl methyl sites for hydroxylation is 4. The van der Waals surface area contributed by atoms with Gasteiger partial charge in [0.05, 0.1) is 11.3 Å². The molecule has 0 atom stereocenters. The van der Waals surface area contributed by atoms with Crippen molar-refractivity contribution in [2.75, 3.05) is 0 Å². The summed E-state index contributed by atoms with van der Waals surface area (Å²) in [5, 5.41) is 5.05. The van der Waals surface area contributed by atoms with Gasteiger partial charge in [-0.05, 0) is 75.2 Å². The maximum absolute atomic E-state index is 12.4. The fraction of sp³-hybridized carbons (Fsp3) is 0.273. The Balaban J connectivity index is 1.63. The summed E-state index contributed by atoms with van der Waals surface area (Å²) in [5.74, 6) is 1.91. The molecule has 0 radical (unpaired) electrons. The molecule has 0 unspecified atom stereocenters. The number of hydrogen-bond donors (Lipinski definition) is 0. The highest BCUT2D eigenvalue weighted by molar-refractivity contribution is 6.32. The van der Waals surface area contributed by atoms with Crippen molar-refractivity contribution in [3.8, 4) is 5.75 Å². The zero-order valence-electron chi connectivity index (χ0n) is 16.5. The molecule has 5 nitrogen and oxygen atoms in total. The number of halogens is 1. The van der Waals surface area contributed by atoms with Gasteiger partial charge in [0, 0.05) is 17.8 Å². The lowest BCUT2D eigenvalue weighted by molar-refractivity contribution is 0.104. The first-order valence-electron chi connectivity index (χ1n) is 9.12. The molecular formula is C22H23ClN2O3. The van der Waals surface area contributed by atoms with Crippen LogP contribution in [-0.4, -0.2) is 15.6 Å². The van der Waals surface area contributed by atoms with E-state index in [4.69, 9.17) is 20.8 Å². The number of rotatable bonds is 7. The zero-order valence-corrected chi connectivity index (χ0v) is 17.2. The molecule has 6 heteroatoms. The topological polar surface area (TPSA) is 57.3 Å². The number of ether oxygens (including phenoxy) is 1. The third-order valence-corrected chi connectivity index (χ3v) is 5.00. The van der Waals surface area contributed by atoms with Crippen LogP contribution in [0.4, 0.5) is 0 Å². The van der Waals surface area contributed by atoms with Crippen molar-refractivity contribution in [2.45, 2.75) is 40.8 Å². The van der Waals surface area contributed by atoms with Gasteiger partial charge in [0.25, 0.3) is 0 Å². The molecule has 0 aliphatic rings. The maximum Gasteiger partial charge on any atom is 0.189 e. The largest absolute Gasteiger partial charge is 0.486 e. The summed E-state index contributed by atoms with van der Waals surface area (Å²) >= 11 is 6.18. The summed E-state index contributed by atoms with van der Waals surface area (Å²) in [7, 11) is 0. The average molecular weight is 399 g/mol. The molecule has 0 fully saturated rings. The van der Waals surface area contributed by atoms with Gasteiger partial charge in [-0.25, -0.2) is 0 Å². The Kier molecular flexibility index (Phi) is 6.05. The zero-order chi connectivity index (χ0) is 20.3. The highest BCUT2D eigenvalue weighted by Crippen LogP contribution is 2.26. The molecule has 3 aromatic rings. The molecule has 0 bridgehead atoms. The van der Waals surface area contributed by atoms with Crippen LogP contribution in [0.5, 0.6) is 5.75 Å². The summed E-state index contributed by atoms with van der Waals surface area (Å²) in [6.07, 6.45) is 4.92. The van der Waals surface area contributed by atoms with Crippen molar-refractivity contribution in [1.29, 1.82) is 0 Å². The average Bonchev–Trinajstić information content (AvgIpc) is 3.28. The molecule has 0 aliphatic heterocycles. The summed E-state index contributed by atoms with van der Waals surface area (Å²) in [5.41, 5.74) is 3.26. The summed E-state index contributed by atoms with van der Waals surface area (Å²) < 4.78 is 13.3. The SMILES string of the molecule is CCn1cc(C(=O)/C=C/c2ccc(COc3cc(C)c(Cl)c(C)c3)o2)c(C)n1. The van der Waals surface area contributed by atoms with Crippen molar-refractivity contribution in [3.05, 3.63) is 75.5 Å². The maximum atomic E-state index is 12.4. The first kappa shape index (κ1) is 20.0. The quantitative estimate of drug-likeness (QED) is 0.386. The number of aromatic nitrogens is 2. The summed E-state index contributed by atoms with van der Waals surface area (Å²) in [4.78, 5) is 12.4. The number of hydrogen-bond acceptors (Lipinski definition) is 4. The van der Waals surface area contributed by atoms with E-state index in [-0.39, 0.29) is 5.78 Å². The van der Waals surface area contributed by atoms with Gasteiger partial charge in [-0.15, -0.1) is 0 Å². The Bertz CT molecular complexity index is 1010. The third kappa shape index (κ3) is 4.54. The van der Waals surface area contributed by atoms with Crippen LogP contribution < -0.4 is 4.74 Å². The van der Waals surface area contributed by atoms with Gasteiger partial charge in [0.2, 0.25) is 0 Å². The molecule has 2 heterocycles. The first-order valence-corrected chi connectivity index (χ1v) is 9.50. The Morgan fingerprint density at radius 2 is 1.96 bits per heavy atom. The lowest BCUT2D eigenvalue weighted by Gasteiger charge is -2.08. The Hall–Kier alpha value is -2.79. The van der Waals surface area contributed by atoms with E-state index in [9.17, 15) is 4.79 Å². The molecular weight excluding hydrogens is 376 g/mol. The molecule has 0 saturated carbocycles. The second kappa shape index (κ2) is 8.48. The molecule has 28 heavy (non-hydrogen) atoms. The molecule has 1 aromatic carbocycles. The van der Waals surface area contributed by atoms with E-state index in [2.05, 4.69) is 5.10 Å². The van der Waals surface area contributed by atoms with Crippen molar-refractivity contribution >= 4 is 23.5 Å². The van der Waals surface area contributed by atoms with Crippen molar-refractivity contribution in [3.63, 3.8) is 0 Å². The molecule has 146 valence electrons. The fourth-order valence-corrected chi connectivity index (χ4v) is 2.98. The number of allylic oxidation sites excluding steroid dienone is 1. The predicted molar refractivity (Wildman–Crippen MR) is 110 cm³/mol. The first-order chi connectivity index (χ1) is 13.4. The Labute approximate surface area is 169 Å². The number of ketones is 1.